The van der Waals surface area contributed by atoms with Crippen molar-refractivity contribution in [3.63, 3.8) is 0 Å². The summed E-state index contributed by atoms with van der Waals surface area (Å²) >= 11 is 0. The number of fused-ring (bicyclic) bond motifs is 1. The summed E-state index contributed by atoms with van der Waals surface area (Å²) in [5.41, 5.74) is 2.10. The average Bonchev–Trinajstić information content (AvgIpc) is 3.06. The van der Waals surface area contributed by atoms with Gasteiger partial charge in [-0.1, -0.05) is 6.07 Å². The van der Waals surface area contributed by atoms with E-state index >= 15 is 0 Å². The van der Waals surface area contributed by atoms with Crippen molar-refractivity contribution < 1.29 is 17.2 Å². The Bertz CT molecular complexity index is 1100. The molecular weight excluding hydrogens is 390 g/mol. The lowest BCUT2D eigenvalue weighted by Crippen LogP contribution is -2.55. The third-order valence-electron chi connectivity index (χ3n) is 4.66. The summed E-state index contributed by atoms with van der Waals surface area (Å²) in [4.78, 5) is 8.40. The highest BCUT2D eigenvalue weighted by Crippen LogP contribution is 2.30. The Morgan fingerprint density at radius 3 is 2.71 bits per heavy atom. The van der Waals surface area contributed by atoms with E-state index in [1.165, 1.54) is 6.20 Å². The minimum atomic E-state index is -3.67. The number of aromatic nitrogens is 4. The maximum atomic E-state index is 14.5. The molecule has 0 aliphatic carbocycles. The van der Waals surface area contributed by atoms with Gasteiger partial charge in [-0.05, 0) is 30.7 Å². The number of piperidine rings is 1. The van der Waals surface area contributed by atoms with Crippen LogP contribution in [0.25, 0.3) is 16.9 Å². The van der Waals surface area contributed by atoms with Gasteiger partial charge < -0.3 is 5.32 Å². The van der Waals surface area contributed by atoms with Crippen LogP contribution in [0.3, 0.4) is 0 Å². The third-order valence-corrected chi connectivity index (χ3v) is 5.91. The van der Waals surface area contributed by atoms with Crippen LogP contribution < -0.4 is 5.32 Å². The van der Waals surface area contributed by atoms with Crippen molar-refractivity contribution in [1.29, 1.82) is 0 Å². The lowest BCUT2D eigenvalue weighted by molar-refractivity contribution is -0.0541. The maximum Gasteiger partial charge on any atom is 0.281 e. The molecule has 1 aliphatic rings. The van der Waals surface area contributed by atoms with Gasteiger partial charge in [-0.3, -0.25) is 4.98 Å². The van der Waals surface area contributed by atoms with Gasteiger partial charge in [-0.25, -0.2) is 26.7 Å². The number of anilines is 1. The molecule has 1 N–H and O–H groups in total. The monoisotopic (exact) mass is 408 g/mol. The number of sulfonamides is 1. The van der Waals surface area contributed by atoms with Gasteiger partial charge in [0.2, 0.25) is 16.0 Å². The number of halogens is 2. The number of nitrogens with zero attached hydrogens (tertiary/aromatic N) is 5. The van der Waals surface area contributed by atoms with Crippen LogP contribution in [0, 0.1) is 0 Å². The number of rotatable bonds is 4. The minimum Gasteiger partial charge on any atom is -0.344 e. The lowest BCUT2D eigenvalue weighted by atomic mass is 10.0. The number of pyridine rings is 1. The average molecular weight is 408 g/mol. The molecule has 1 aliphatic heterocycles. The van der Waals surface area contributed by atoms with Gasteiger partial charge in [-0.15, -0.1) is 5.10 Å². The van der Waals surface area contributed by atoms with Gasteiger partial charge in [0, 0.05) is 12.7 Å². The van der Waals surface area contributed by atoms with Crippen LogP contribution in [0.2, 0.25) is 0 Å². The second kappa shape index (κ2) is 6.74. The van der Waals surface area contributed by atoms with E-state index in [0.717, 1.165) is 10.6 Å². The van der Waals surface area contributed by atoms with Crippen molar-refractivity contribution >= 4 is 21.5 Å². The van der Waals surface area contributed by atoms with Crippen LogP contribution in [0.15, 0.2) is 42.7 Å². The molecule has 1 saturated heterocycles. The second-order valence-corrected chi connectivity index (χ2v) is 8.68. The number of alkyl halides is 2. The van der Waals surface area contributed by atoms with Crippen LogP contribution >= 0.6 is 0 Å². The fourth-order valence-electron chi connectivity index (χ4n) is 3.20. The summed E-state index contributed by atoms with van der Waals surface area (Å²) in [5, 5.41) is 7.00. The van der Waals surface area contributed by atoms with E-state index in [4.69, 9.17) is 0 Å². The molecule has 3 aromatic heterocycles. The standard InChI is InChI=1S/C17H18F2N6O2S/c1-28(26,27)24-9-7-15(17(18,19)11-24)22-16-21-10-12-5-6-14(25(12)23-16)13-4-2-3-8-20-13/h2-6,8,10,15H,7,9,11H2,1H3,(H,22,23). The molecule has 0 radical (unpaired) electrons. The molecule has 4 rings (SSSR count). The highest BCUT2D eigenvalue weighted by molar-refractivity contribution is 7.88. The Balaban J connectivity index is 1.60. The predicted molar refractivity (Wildman–Crippen MR) is 99.6 cm³/mol. The van der Waals surface area contributed by atoms with Crippen molar-refractivity contribution in [2.24, 2.45) is 0 Å². The van der Waals surface area contributed by atoms with Crippen molar-refractivity contribution in [3.8, 4) is 11.4 Å². The fourth-order valence-corrected chi connectivity index (χ4v) is 4.05. The van der Waals surface area contributed by atoms with E-state index in [0.29, 0.717) is 16.9 Å². The molecule has 0 aromatic carbocycles. The van der Waals surface area contributed by atoms with Crippen LogP contribution in [0.1, 0.15) is 6.42 Å². The summed E-state index contributed by atoms with van der Waals surface area (Å²) in [6.07, 6.45) is 4.07. The topological polar surface area (TPSA) is 92.5 Å². The lowest BCUT2D eigenvalue weighted by Gasteiger charge is -2.37. The van der Waals surface area contributed by atoms with E-state index < -0.39 is 28.5 Å². The molecule has 3 aromatic rings. The Morgan fingerprint density at radius 1 is 1.21 bits per heavy atom. The Labute approximate surface area is 160 Å². The summed E-state index contributed by atoms with van der Waals surface area (Å²) < 4.78 is 54.5. The first-order valence-electron chi connectivity index (χ1n) is 8.60. The molecule has 11 heteroatoms. The van der Waals surface area contributed by atoms with E-state index in [1.807, 2.05) is 24.3 Å². The molecule has 0 saturated carbocycles. The number of nitrogens with one attached hydrogen (secondary N) is 1. The van der Waals surface area contributed by atoms with E-state index in [1.54, 1.807) is 16.8 Å². The van der Waals surface area contributed by atoms with Crippen molar-refractivity contribution in [2.75, 3.05) is 24.7 Å². The van der Waals surface area contributed by atoms with Crippen LogP contribution in [0.5, 0.6) is 0 Å². The quantitative estimate of drug-likeness (QED) is 0.709. The zero-order chi connectivity index (χ0) is 19.9. The highest BCUT2D eigenvalue weighted by Gasteiger charge is 2.47. The minimum absolute atomic E-state index is 0.0110. The summed E-state index contributed by atoms with van der Waals surface area (Å²) in [7, 11) is -3.67. The maximum absolute atomic E-state index is 14.5. The number of hydrogen-bond acceptors (Lipinski definition) is 6. The molecule has 0 spiro atoms. The molecule has 148 valence electrons. The first-order chi connectivity index (χ1) is 13.2. The zero-order valence-corrected chi connectivity index (χ0v) is 15.8. The highest BCUT2D eigenvalue weighted by atomic mass is 32.2. The van der Waals surface area contributed by atoms with Gasteiger partial charge in [0.05, 0.1) is 41.9 Å². The van der Waals surface area contributed by atoms with Crippen LogP contribution in [-0.4, -0.2) is 63.6 Å². The van der Waals surface area contributed by atoms with Gasteiger partial charge in [0.25, 0.3) is 5.92 Å². The Kier molecular flexibility index (Phi) is 4.50. The van der Waals surface area contributed by atoms with Gasteiger partial charge in [0.15, 0.2) is 0 Å². The SMILES string of the molecule is CS(=O)(=O)N1CCC(Nc2ncc3ccc(-c4ccccn4)n3n2)C(F)(F)C1. The molecule has 1 atom stereocenters. The molecule has 0 amide bonds. The summed E-state index contributed by atoms with van der Waals surface area (Å²) in [6, 6.07) is 7.84. The molecule has 8 nitrogen and oxygen atoms in total. The molecule has 28 heavy (non-hydrogen) atoms. The summed E-state index contributed by atoms with van der Waals surface area (Å²) in [6.45, 7) is -0.856. The molecule has 1 fully saturated rings. The Hall–Kier alpha value is -2.66. The Morgan fingerprint density at radius 2 is 2.04 bits per heavy atom. The normalized spacial score (nSPS) is 20.3. The first-order valence-corrected chi connectivity index (χ1v) is 10.4. The van der Waals surface area contributed by atoms with Gasteiger partial charge in [0.1, 0.15) is 0 Å². The van der Waals surface area contributed by atoms with Crippen molar-refractivity contribution in [2.45, 2.75) is 18.4 Å². The molecular formula is C17H18F2N6O2S. The third kappa shape index (κ3) is 3.54. The van der Waals surface area contributed by atoms with E-state index in [-0.39, 0.29) is 18.9 Å². The molecule has 0 bridgehead atoms. The van der Waals surface area contributed by atoms with Crippen molar-refractivity contribution in [1.82, 2.24) is 23.9 Å². The van der Waals surface area contributed by atoms with Crippen LogP contribution in [0.4, 0.5) is 14.7 Å². The number of hydrogen-bond donors (Lipinski definition) is 1. The molecule has 4 heterocycles. The predicted octanol–water partition coefficient (Wildman–Crippen LogP) is 1.87. The van der Waals surface area contributed by atoms with Crippen molar-refractivity contribution in [3.05, 3.63) is 42.7 Å². The van der Waals surface area contributed by atoms with Gasteiger partial charge >= 0.3 is 0 Å². The fraction of sp³-hybridized carbons (Fsp3) is 0.353. The smallest absolute Gasteiger partial charge is 0.281 e. The van der Waals surface area contributed by atoms with E-state index in [9.17, 15) is 17.2 Å². The second-order valence-electron chi connectivity index (χ2n) is 6.70. The summed E-state index contributed by atoms with van der Waals surface area (Å²) in [5.74, 6) is -3.21. The largest absolute Gasteiger partial charge is 0.344 e. The zero-order valence-electron chi connectivity index (χ0n) is 15.0. The molecule has 1 unspecified atom stereocenters. The van der Waals surface area contributed by atoms with Gasteiger partial charge in [-0.2, -0.15) is 4.31 Å². The van der Waals surface area contributed by atoms with Crippen LogP contribution in [-0.2, 0) is 10.0 Å². The van der Waals surface area contributed by atoms with E-state index in [2.05, 4.69) is 20.4 Å². The first kappa shape index (κ1) is 18.7.